The highest BCUT2D eigenvalue weighted by Gasteiger charge is 2.11. The molecule has 2 heterocycles. The zero-order valence-electron chi connectivity index (χ0n) is 13.2. The summed E-state index contributed by atoms with van der Waals surface area (Å²) in [5.74, 6) is 1.18. The molecule has 0 aliphatic heterocycles. The summed E-state index contributed by atoms with van der Waals surface area (Å²) in [6.45, 7) is 0. The second-order valence-corrected chi connectivity index (χ2v) is 7.67. The third kappa shape index (κ3) is 2.75. The van der Waals surface area contributed by atoms with Crippen molar-refractivity contribution in [3.8, 4) is 22.9 Å². The lowest BCUT2D eigenvalue weighted by Crippen LogP contribution is -1.80. The summed E-state index contributed by atoms with van der Waals surface area (Å²) < 4.78 is 13.6. The summed E-state index contributed by atoms with van der Waals surface area (Å²) in [6, 6.07) is 19.4. The first-order valence-electron chi connectivity index (χ1n) is 7.89. The Morgan fingerprint density at radius 3 is 1.42 bits per heavy atom. The number of benzene rings is 3. The lowest BCUT2D eigenvalue weighted by molar-refractivity contribution is 0.617. The molecule has 0 radical (unpaired) electrons. The molecule has 5 rings (SSSR count). The first-order chi connectivity index (χ1) is 12.7. The predicted octanol–water partition coefficient (Wildman–Crippen LogP) is 6.83. The fourth-order valence-corrected chi connectivity index (χ4v) is 3.50. The van der Waals surface area contributed by atoms with Crippen molar-refractivity contribution in [2.24, 2.45) is 0 Å². The number of hydrogen-bond donors (Lipinski definition) is 0. The van der Waals surface area contributed by atoms with E-state index in [4.69, 9.17) is 8.83 Å². The Morgan fingerprint density at radius 1 is 0.577 bits per heavy atom. The van der Waals surface area contributed by atoms with Crippen LogP contribution in [0.1, 0.15) is 0 Å². The van der Waals surface area contributed by atoms with Gasteiger partial charge >= 0.3 is 0 Å². The van der Waals surface area contributed by atoms with Gasteiger partial charge in [-0.05, 0) is 60.7 Å². The van der Waals surface area contributed by atoms with E-state index >= 15 is 0 Å². The van der Waals surface area contributed by atoms with Crippen LogP contribution in [-0.2, 0) is 0 Å². The van der Waals surface area contributed by atoms with E-state index in [1.165, 1.54) is 0 Å². The number of halogens is 2. The SMILES string of the molecule is Brc1ccc2oc(-c3ccc(-c4nc5cc(Br)ccc5o4)cc3)nc2c1. The lowest BCUT2D eigenvalue weighted by atomic mass is 10.1. The molecule has 0 unspecified atom stereocenters. The normalized spacial score (nSPS) is 11.5. The quantitative estimate of drug-likeness (QED) is 0.284. The Hall–Kier alpha value is -2.44. The van der Waals surface area contributed by atoms with Gasteiger partial charge in [-0.1, -0.05) is 31.9 Å². The molecular formula is C20H10Br2N2O2. The number of fused-ring (bicyclic) bond motifs is 2. The van der Waals surface area contributed by atoms with Gasteiger partial charge in [-0.15, -0.1) is 0 Å². The maximum absolute atomic E-state index is 5.84. The molecule has 0 fully saturated rings. The Kier molecular flexibility index (Phi) is 3.69. The number of aromatic nitrogens is 2. The molecule has 0 N–H and O–H groups in total. The van der Waals surface area contributed by atoms with Gasteiger partial charge in [-0.3, -0.25) is 0 Å². The first kappa shape index (κ1) is 15.8. The minimum absolute atomic E-state index is 0.589. The number of nitrogens with zero attached hydrogens (tertiary/aromatic N) is 2. The maximum Gasteiger partial charge on any atom is 0.227 e. The van der Waals surface area contributed by atoms with Gasteiger partial charge in [-0.2, -0.15) is 0 Å². The molecule has 0 saturated heterocycles. The monoisotopic (exact) mass is 468 g/mol. The second kappa shape index (κ2) is 6.07. The van der Waals surface area contributed by atoms with Crippen molar-refractivity contribution in [3.63, 3.8) is 0 Å². The molecule has 0 spiro atoms. The van der Waals surface area contributed by atoms with Crippen LogP contribution >= 0.6 is 31.9 Å². The smallest absolute Gasteiger partial charge is 0.227 e. The van der Waals surface area contributed by atoms with Gasteiger partial charge in [0.05, 0.1) is 0 Å². The van der Waals surface area contributed by atoms with E-state index in [0.29, 0.717) is 11.8 Å². The van der Waals surface area contributed by atoms with Gasteiger partial charge in [0.1, 0.15) is 11.0 Å². The van der Waals surface area contributed by atoms with Crippen LogP contribution in [-0.4, -0.2) is 9.97 Å². The zero-order valence-corrected chi connectivity index (χ0v) is 16.4. The van der Waals surface area contributed by atoms with E-state index in [1.54, 1.807) is 0 Å². The predicted molar refractivity (Wildman–Crippen MR) is 108 cm³/mol. The largest absolute Gasteiger partial charge is 0.436 e. The minimum atomic E-state index is 0.589. The van der Waals surface area contributed by atoms with Crippen molar-refractivity contribution in [1.29, 1.82) is 0 Å². The van der Waals surface area contributed by atoms with E-state index in [2.05, 4.69) is 41.8 Å². The molecule has 0 bridgehead atoms. The third-order valence-electron chi connectivity index (χ3n) is 4.08. The maximum atomic E-state index is 5.84. The molecule has 0 aliphatic carbocycles. The molecule has 3 aromatic carbocycles. The average molecular weight is 470 g/mol. The molecule has 6 heteroatoms. The van der Waals surface area contributed by atoms with Crippen LogP contribution in [0.2, 0.25) is 0 Å². The van der Waals surface area contributed by atoms with Crippen molar-refractivity contribution >= 4 is 54.1 Å². The Balaban J connectivity index is 1.52. The average Bonchev–Trinajstić information content (AvgIpc) is 3.25. The molecule has 5 aromatic rings. The van der Waals surface area contributed by atoms with Gasteiger partial charge in [0.25, 0.3) is 0 Å². The minimum Gasteiger partial charge on any atom is -0.436 e. The highest BCUT2D eigenvalue weighted by Crippen LogP contribution is 2.30. The Labute approximate surface area is 165 Å². The summed E-state index contributed by atoms with van der Waals surface area (Å²) in [6.07, 6.45) is 0. The van der Waals surface area contributed by atoms with Crippen molar-refractivity contribution in [3.05, 3.63) is 69.6 Å². The van der Waals surface area contributed by atoms with Gasteiger partial charge in [0, 0.05) is 20.1 Å². The summed E-state index contributed by atoms with van der Waals surface area (Å²) in [5.41, 5.74) is 4.97. The molecular weight excluding hydrogens is 460 g/mol. The lowest BCUT2D eigenvalue weighted by Gasteiger charge is -1.97. The zero-order chi connectivity index (χ0) is 17.7. The summed E-state index contributed by atoms with van der Waals surface area (Å²) in [5, 5.41) is 0. The summed E-state index contributed by atoms with van der Waals surface area (Å²) in [7, 11) is 0. The van der Waals surface area contributed by atoms with E-state index < -0.39 is 0 Å². The van der Waals surface area contributed by atoms with Crippen LogP contribution in [0.3, 0.4) is 0 Å². The van der Waals surface area contributed by atoms with E-state index in [1.807, 2.05) is 60.7 Å². The molecule has 0 amide bonds. The van der Waals surface area contributed by atoms with E-state index in [0.717, 1.165) is 42.3 Å². The van der Waals surface area contributed by atoms with Crippen LogP contribution in [0.5, 0.6) is 0 Å². The Bertz CT molecular complexity index is 1160. The molecule has 0 atom stereocenters. The molecule has 4 nitrogen and oxygen atoms in total. The number of oxazole rings is 2. The van der Waals surface area contributed by atoms with Crippen LogP contribution in [0, 0.1) is 0 Å². The third-order valence-corrected chi connectivity index (χ3v) is 5.06. The first-order valence-corrected chi connectivity index (χ1v) is 9.47. The van der Waals surface area contributed by atoms with E-state index in [9.17, 15) is 0 Å². The van der Waals surface area contributed by atoms with Gasteiger partial charge in [0.2, 0.25) is 11.8 Å². The highest BCUT2D eigenvalue weighted by atomic mass is 79.9. The van der Waals surface area contributed by atoms with Crippen molar-refractivity contribution in [2.45, 2.75) is 0 Å². The van der Waals surface area contributed by atoms with Gasteiger partial charge in [0.15, 0.2) is 11.2 Å². The van der Waals surface area contributed by atoms with E-state index in [-0.39, 0.29) is 0 Å². The van der Waals surface area contributed by atoms with Crippen molar-refractivity contribution in [2.75, 3.05) is 0 Å². The van der Waals surface area contributed by atoms with Crippen LogP contribution < -0.4 is 0 Å². The molecule has 0 saturated carbocycles. The molecule has 26 heavy (non-hydrogen) atoms. The fourth-order valence-electron chi connectivity index (χ4n) is 2.80. The second-order valence-electron chi connectivity index (χ2n) is 5.84. The standard InChI is InChI=1S/C20H10Br2N2O2/c21-13-5-7-17-15(9-13)23-19(25-17)11-1-2-12(4-3-11)20-24-16-10-14(22)6-8-18(16)26-20/h1-10H. The van der Waals surface area contributed by atoms with Gasteiger partial charge < -0.3 is 8.83 Å². The molecule has 126 valence electrons. The van der Waals surface area contributed by atoms with Crippen LogP contribution in [0.25, 0.3) is 45.1 Å². The molecule has 2 aromatic heterocycles. The van der Waals surface area contributed by atoms with Crippen molar-refractivity contribution in [1.82, 2.24) is 9.97 Å². The summed E-state index contributed by atoms with van der Waals surface area (Å²) in [4.78, 5) is 9.10. The number of rotatable bonds is 2. The fraction of sp³-hybridized carbons (Fsp3) is 0. The van der Waals surface area contributed by atoms with Crippen LogP contribution in [0.4, 0.5) is 0 Å². The Morgan fingerprint density at radius 2 is 1.00 bits per heavy atom. The van der Waals surface area contributed by atoms with Gasteiger partial charge in [-0.25, -0.2) is 9.97 Å². The highest BCUT2D eigenvalue weighted by molar-refractivity contribution is 9.10. The number of hydrogen-bond acceptors (Lipinski definition) is 4. The summed E-state index contributed by atoms with van der Waals surface area (Å²) >= 11 is 6.90. The topological polar surface area (TPSA) is 52.1 Å². The van der Waals surface area contributed by atoms with Crippen molar-refractivity contribution < 1.29 is 8.83 Å². The van der Waals surface area contributed by atoms with Crippen LogP contribution in [0.15, 0.2) is 78.4 Å². The molecule has 0 aliphatic rings.